The van der Waals surface area contributed by atoms with Gasteiger partial charge in [0.2, 0.25) is 0 Å². The quantitative estimate of drug-likeness (QED) is 0.178. The number of ether oxygens (including phenoxy) is 1. The number of thioether (sulfide) groups is 1. The Kier molecular flexibility index (Phi) is 9.01. The Hall–Kier alpha value is -2.21. The number of carbonyl (C=O) groups excluding carboxylic acids is 2. The summed E-state index contributed by atoms with van der Waals surface area (Å²) in [6.45, 7) is 1.93. The fraction of sp³-hybridized carbons (Fsp3) is 0.120. The first-order chi connectivity index (χ1) is 18.0. The molecule has 0 unspecified atom stereocenters. The van der Waals surface area contributed by atoms with Gasteiger partial charge in [-0.15, -0.1) is 0 Å². The molecule has 38 heavy (non-hydrogen) atoms. The standard InChI is InChI=1S/C25H17BrCl3NO6S2/c1-2-35-21-10-14(9-19(26)23(21)36-38(33,34)18-7-5-16(27)6-8-18)11-22-24(31)30(25(32)37-22)13-15-3-4-17(28)12-20(15)29/h3-12H,2,13H2,1H3/b22-11-. The monoisotopic (exact) mass is 675 g/mol. The molecule has 1 aliphatic rings. The molecule has 0 aliphatic carbocycles. The lowest BCUT2D eigenvalue weighted by molar-refractivity contribution is -0.123. The molecule has 0 bridgehead atoms. The lowest BCUT2D eigenvalue weighted by atomic mass is 10.1. The summed E-state index contributed by atoms with van der Waals surface area (Å²) in [7, 11) is -4.20. The van der Waals surface area contributed by atoms with Crippen LogP contribution in [-0.4, -0.2) is 31.1 Å². The lowest BCUT2D eigenvalue weighted by Gasteiger charge is -2.15. The summed E-state index contributed by atoms with van der Waals surface area (Å²) in [5.41, 5.74) is 1.05. The predicted molar refractivity (Wildman–Crippen MR) is 153 cm³/mol. The molecule has 0 spiro atoms. The number of halogens is 4. The van der Waals surface area contributed by atoms with Crippen molar-refractivity contribution in [2.75, 3.05) is 6.61 Å². The summed E-state index contributed by atoms with van der Waals surface area (Å²) in [6.07, 6.45) is 1.51. The molecule has 1 aliphatic heterocycles. The van der Waals surface area contributed by atoms with E-state index < -0.39 is 21.3 Å². The van der Waals surface area contributed by atoms with Crippen molar-refractivity contribution < 1.29 is 26.9 Å². The molecule has 4 rings (SSSR count). The van der Waals surface area contributed by atoms with Crippen LogP contribution in [0.25, 0.3) is 6.08 Å². The van der Waals surface area contributed by atoms with Crippen molar-refractivity contribution in [3.05, 3.63) is 90.2 Å². The van der Waals surface area contributed by atoms with Crippen LogP contribution in [0.1, 0.15) is 18.1 Å². The minimum absolute atomic E-state index is 0.0127. The van der Waals surface area contributed by atoms with Gasteiger partial charge in [0.1, 0.15) is 4.90 Å². The Morgan fingerprint density at radius 1 is 1.00 bits per heavy atom. The Balaban J connectivity index is 1.62. The van der Waals surface area contributed by atoms with Crippen molar-refractivity contribution in [1.82, 2.24) is 4.90 Å². The molecule has 0 N–H and O–H groups in total. The van der Waals surface area contributed by atoms with E-state index in [2.05, 4.69) is 15.9 Å². The van der Waals surface area contributed by atoms with Crippen LogP contribution < -0.4 is 8.92 Å². The van der Waals surface area contributed by atoms with E-state index in [0.29, 0.717) is 26.2 Å². The Morgan fingerprint density at radius 2 is 1.68 bits per heavy atom. The number of hydrogen-bond donors (Lipinski definition) is 0. The van der Waals surface area contributed by atoms with E-state index in [1.54, 1.807) is 25.1 Å². The van der Waals surface area contributed by atoms with E-state index >= 15 is 0 Å². The van der Waals surface area contributed by atoms with E-state index in [0.717, 1.165) is 16.7 Å². The highest BCUT2D eigenvalue weighted by Crippen LogP contribution is 2.41. The molecule has 3 aromatic rings. The molecule has 0 saturated carbocycles. The van der Waals surface area contributed by atoms with Gasteiger partial charge < -0.3 is 8.92 Å². The zero-order valence-electron chi connectivity index (χ0n) is 19.4. The minimum atomic E-state index is -4.20. The average molecular weight is 678 g/mol. The molecule has 1 fully saturated rings. The summed E-state index contributed by atoms with van der Waals surface area (Å²) in [5, 5.41) is 0.711. The van der Waals surface area contributed by atoms with Gasteiger partial charge in [0, 0.05) is 15.1 Å². The first kappa shape index (κ1) is 28.8. The molecule has 1 saturated heterocycles. The first-order valence-electron chi connectivity index (χ1n) is 10.8. The van der Waals surface area contributed by atoms with Crippen molar-refractivity contribution in [3.63, 3.8) is 0 Å². The van der Waals surface area contributed by atoms with Crippen LogP contribution in [0.3, 0.4) is 0 Å². The van der Waals surface area contributed by atoms with Gasteiger partial charge in [0.05, 0.1) is 22.5 Å². The first-order valence-corrected chi connectivity index (χ1v) is 15.0. The lowest BCUT2D eigenvalue weighted by Crippen LogP contribution is -2.27. The highest BCUT2D eigenvalue weighted by molar-refractivity contribution is 9.10. The molecule has 3 aromatic carbocycles. The molecule has 198 valence electrons. The fourth-order valence-corrected chi connectivity index (χ4v) is 6.42. The molecule has 2 amide bonds. The summed E-state index contributed by atoms with van der Waals surface area (Å²) in [6, 6.07) is 13.4. The van der Waals surface area contributed by atoms with Gasteiger partial charge in [-0.05, 0) is 100 Å². The Labute approximate surface area is 246 Å². The van der Waals surface area contributed by atoms with Gasteiger partial charge in [0.15, 0.2) is 11.5 Å². The second-order valence-corrected chi connectivity index (χ2v) is 12.4. The third-order valence-corrected chi connectivity index (χ3v) is 8.71. The highest BCUT2D eigenvalue weighted by Gasteiger charge is 2.35. The SMILES string of the molecule is CCOc1cc(/C=C2\SC(=O)N(Cc3ccc(Cl)cc3Cl)C2=O)cc(Br)c1OS(=O)(=O)c1ccc(Cl)cc1. The van der Waals surface area contributed by atoms with Crippen molar-refractivity contribution in [2.24, 2.45) is 0 Å². The number of imide groups is 1. The van der Waals surface area contributed by atoms with Gasteiger partial charge in [-0.3, -0.25) is 14.5 Å². The predicted octanol–water partition coefficient (Wildman–Crippen LogP) is 7.81. The van der Waals surface area contributed by atoms with Crippen LogP contribution in [0.2, 0.25) is 15.1 Å². The highest BCUT2D eigenvalue weighted by atomic mass is 79.9. The van der Waals surface area contributed by atoms with E-state index in [-0.39, 0.29) is 38.9 Å². The fourth-order valence-electron chi connectivity index (χ4n) is 3.38. The van der Waals surface area contributed by atoms with Crippen LogP contribution in [0.4, 0.5) is 4.79 Å². The van der Waals surface area contributed by atoms with Crippen molar-refractivity contribution in [2.45, 2.75) is 18.4 Å². The maximum atomic E-state index is 13.0. The number of carbonyl (C=O) groups is 2. The van der Waals surface area contributed by atoms with Crippen LogP contribution in [0.5, 0.6) is 11.5 Å². The molecular weight excluding hydrogens is 661 g/mol. The summed E-state index contributed by atoms with van der Waals surface area (Å²) < 4.78 is 36.9. The maximum absolute atomic E-state index is 13.0. The molecule has 0 atom stereocenters. The van der Waals surface area contributed by atoms with Gasteiger partial charge in [-0.2, -0.15) is 8.42 Å². The number of benzene rings is 3. The van der Waals surface area contributed by atoms with Crippen molar-refractivity contribution in [3.8, 4) is 11.5 Å². The summed E-state index contributed by atoms with van der Waals surface area (Å²) in [5.74, 6) is -0.437. The Morgan fingerprint density at radius 3 is 2.34 bits per heavy atom. The second kappa shape index (κ2) is 11.9. The van der Waals surface area contributed by atoms with Crippen molar-refractivity contribution in [1.29, 1.82) is 0 Å². The van der Waals surface area contributed by atoms with Crippen LogP contribution >= 0.6 is 62.5 Å². The minimum Gasteiger partial charge on any atom is -0.490 e. The van der Waals surface area contributed by atoms with Crippen LogP contribution in [0, 0.1) is 0 Å². The van der Waals surface area contributed by atoms with Crippen LogP contribution in [0.15, 0.2) is 68.9 Å². The third-order valence-electron chi connectivity index (χ3n) is 5.14. The number of nitrogens with zero attached hydrogens (tertiary/aromatic N) is 1. The van der Waals surface area contributed by atoms with Crippen LogP contribution in [-0.2, 0) is 21.5 Å². The average Bonchev–Trinajstić information content (AvgIpc) is 3.10. The summed E-state index contributed by atoms with van der Waals surface area (Å²) in [4.78, 5) is 26.8. The van der Waals surface area contributed by atoms with Gasteiger partial charge in [0.25, 0.3) is 11.1 Å². The van der Waals surface area contributed by atoms with Gasteiger partial charge >= 0.3 is 10.1 Å². The smallest absolute Gasteiger partial charge is 0.339 e. The molecule has 1 heterocycles. The largest absolute Gasteiger partial charge is 0.490 e. The second-order valence-electron chi connectivity index (χ2n) is 7.76. The van der Waals surface area contributed by atoms with E-state index in [1.165, 1.54) is 42.5 Å². The summed E-state index contributed by atoms with van der Waals surface area (Å²) >= 11 is 22.1. The third kappa shape index (κ3) is 6.50. The van der Waals surface area contributed by atoms with Gasteiger partial charge in [-0.1, -0.05) is 40.9 Å². The molecular formula is C25H17BrCl3NO6S2. The zero-order valence-corrected chi connectivity index (χ0v) is 24.9. The molecule has 0 radical (unpaired) electrons. The van der Waals surface area contributed by atoms with E-state index in [1.807, 2.05) is 0 Å². The number of hydrogen-bond acceptors (Lipinski definition) is 7. The van der Waals surface area contributed by atoms with E-state index in [4.69, 9.17) is 43.7 Å². The molecule has 13 heteroatoms. The van der Waals surface area contributed by atoms with Crippen molar-refractivity contribution >= 4 is 89.8 Å². The maximum Gasteiger partial charge on any atom is 0.339 e. The topological polar surface area (TPSA) is 90.0 Å². The Bertz CT molecular complexity index is 1560. The number of rotatable bonds is 8. The van der Waals surface area contributed by atoms with Gasteiger partial charge in [-0.25, -0.2) is 0 Å². The zero-order chi connectivity index (χ0) is 27.6. The number of amides is 2. The molecule has 0 aromatic heterocycles. The normalized spacial score (nSPS) is 14.9. The van der Waals surface area contributed by atoms with E-state index in [9.17, 15) is 18.0 Å². The molecule has 7 nitrogen and oxygen atoms in total.